The van der Waals surface area contributed by atoms with Crippen molar-refractivity contribution in [3.63, 3.8) is 0 Å². The zero-order chi connectivity index (χ0) is 32.5. The number of hydrogen-bond donors (Lipinski definition) is 3. The standard InChI is InChI=1S/C39H63N3O3/c1-25(2)19-28-7-13-34(14-8-28)40-37(43)31-22-32(38(44)41-35-15-9-29(10-16-35)20-26(3)4)24-33(23-31)39(45)42-36-17-11-30(12-18-36)21-27(5)6/h22-30,34-36H,7-21H2,1-6H3,(H,40,43)(H,41,44)(H,42,45). The van der Waals surface area contributed by atoms with Gasteiger partial charge < -0.3 is 16.0 Å². The van der Waals surface area contributed by atoms with Crippen molar-refractivity contribution in [1.29, 1.82) is 0 Å². The highest BCUT2D eigenvalue weighted by Crippen LogP contribution is 2.32. The number of nitrogens with one attached hydrogen (secondary N) is 3. The van der Waals surface area contributed by atoms with Crippen molar-refractivity contribution in [2.75, 3.05) is 0 Å². The fraction of sp³-hybridized carbons (Fsp3) is 0.769. The second-order valence-electron chi connectivity index (χ2n) is 16.3. The Morgan fingerprint density at radius 2 is 0.689 bits per heavy atom. The lowest BCUT2D eigenvalue weighted by Gasteiger charge is -2.31. The third kappa shape index (κ3) is 11.4. The van der Waals surface area contributed by atoms with Gasteiger partial charge in [0.2, 0.25) is 0 Å². The molecule has 3 amide bonds. The van der Waals surface area contributed by atoms with E-state index < -0.39 is 0 Å². The minimum atomic E-state index is -0.186. The van der Waals surface area contributed by atoms with E-state index in [9.17, 15) is 14.4 Å². The molecule has 1 aromatic rings. The van der Waals surface area contributed by atoms with Gasteiger partial charge in [-0.3, -0.25) is 14.4 Å². The maximum Gasteiger partial charge on any atom is 0.251 e. The summed E-state index contributed by atoms with van der Waals surface area (Å²) in [6.07, 6.45) is 16.4. The van der Waals surface area contributed by atoms with Gasteiger partial charge in [0, 0.05) is 34.8 Å². The molecule has 252 valence electrons. The van der Waals surface area contributed by atoms with Crippen molar-refractivity contribution in [3.05, 3.63) is 34.9 Å². The summed E-state index contributed by atoms with van der Waals surface area (Å²) < 4.78 is 0. The van der Waals surface area contributed by atoms with Crippen LogP contribution in [0.3, 0.4) is 0 Å². The molecule has 0 unspecified atom stereocenters. The van der Waals surface area contributed by atoms with Gasteiger partial charge in [0.25, 0.3) is 17.7 Å². The van der Waals surface area contributed by atoms with Crippen molar-refractivity contribution in [3.8, 4) is 0 Å². The van der Waals surface area contributed by atoms with Gasteiger partial charge in [-0.1, -0.05) is 41.5 Å². The van der Waals surface area contributed by atoms with E-state index in [1.54, 1.807) is 18.2 Å². The van der Waals surface area contributed by atoms with Crippen molar-refractivity contribution in [2.45, 2.75) is 156 Å². The van der Waals surface area contributed by atoms with E-state index in [0.717, 1.165) is 94.8 Å². The van der Waals surface area contributed by atoms with Crippen LogP contribution in [0.15, 0.2) is 18.2 Å². The molecule has 3 saturated carbocycles. The molecule has 3 aliphatic rings. The lowest BCUT2D eigenvalue weighted by atomic mass is 9.81. The Balaban J connectivity index is 1.43. The summed E-state index contributed by atoms with van der Waals surface area (Å²) in [6.45, 7) is 13.7. The van der Waals surface area contributed by atoms with Gasteiger partial charge in [-0.2, -0.15) is 0 Å². The average Bonchev–Trinajstić information content (AvgIpc) is 2.99. The first-order valence-corrected chi connectivity index (χ1v) is 18.5. The predicted molar refractivity (Wildman–Crippen MR) is 184 cm³/mol. The van der Waals surface area contributed by atoms with Crippen molar-refractivity contribution >= 4 is 17.7 Å². The van der Waals surface area contributed by atoms with Gasteiger partial charge >= 0.3 is 0 Å². The molecule has 6 heteroatoms. The molecule has 3 fully saturated rings. The summed E-state index contributed by atoms with van der Waals surface area (Å²) in [7, 11) is 0. The van der Waals surface area contributed by atoms with Gasteiger partial charge in [0.1, 0.15) is 0 Å². The SMILES string of the molecule is CC(C)CC1CCC(NC(=O)c2cc(C(=O)NC3CCC(CC(C)C)CC3)cc(C(=O)NC3CCC(CC(C)C)CC3)c2)CC1. The molecule has 3 N–H and O–H groups in total. The smallest absolute Gasteiger partial charge is 0.251 e. The van der Waals surface area contributed by atoms with Crippen LogP contribution in [0.4, 0.5) is 0 Å². The zero-order valence-corrected chi connectivity index (χ0v) is 29.3. The minimum absolute atomic E-state index is 0.137. The molecule has 0 aromatic heterocycles. The molecule has 0 aliphatic heterocycles. The molecule has 1 aromatic carbocycles. The zero-order valence-electron chi connectivity index (χ0n) is 29.3. The van der Waals surface area contributed by atoms with Gasteiger partial charge in [-0.15, -0.1) is 0 Å². The third-order valence-corrected chi connectivity index (χ3v) is 10.7. The van der Waals surface area contributed by atoms with E-state index in [1.807, 2.05) is 0 Å². The number of carbonyl (C=O) groups is 3. The van der Waals surface area contributed by atoms with Crippen LogP contribution in [0, 0.1) is 35.5 Å². The Bertz CT molecular complexity index is 954. The van der Waals surface area contributed by atoms with Gasteiger partial charge in [0.05, 0.1) is 0 Å². The molecule has 0 atom stereocenters. The number of rotatable bonds is 12. The van der Waals surface area contributed by atoms with Crippen molar-refractivity contribution in [2.24, 2.45) is 35.5 Å². The van der Waals surface area contributed by atoms with Crippen LogP contribution in [0.2, 0.25) is 0 Å². The molecule has 0 radical (unpaired) electrons. The normalized spacial score (nSPS) is 27.4. The Kier molecular flexibility index (Phi) is 13.4. The number of amides is 3. The maximum absolute atomic E-state index is 13.6. The fourth-order valence-corrected chi connectivity index (χ4v) is 8.45. The Morgan fingerprint density at radius 3 is 0.889 bits per heavy atom. The van der Waals surface area contributed by atoms with Crippen LogP contribution in [0.25, 0.3) is 0 Å². The predicted octanol–water partition coefficient (Wildman–Crippen LogP) is 8.69. The van der Waals surface area contributed by atoms with E-state index in [1.165, 1.54) is 19.3 Å². The van der Waals surface area contributed by atoms with E-state index in [2.05, 4.69) is 57.5 Å². The van der Waals surface area contributed by atoms with E-state index in [4.69, 9.17) is 0 Å². The summed E-state index contributed by atoms with van der Waals surface area (Å²) in [4.78, 5) is 40.7. The Hall–Kier alpha value is -2.37. The summed E-state index contributed by atoms with van der Waals surface area (Å²) in [5.41, 5.74) is 1.20. The van der Waals surface area contributed by atoms with E-state index >= 15 is 0 Å². The molecule has 45 heavy (non-hydrogen) atoms. The van der Waals surface area contributed by atoms with Gasteiger partial charge in [-0.05, 0) is 150 Å². The first-order valence-electron chi connectivity index (χ1n) is 18.5. The highest BCUT2D eigenvalue weighted by molar-refractivity contribution is 6.04. The lowest BCUT2D eigenvalue weighted by molar-refractivity contribution is 0.0919. The maximum atomic E-state index is 13.6. The highest BCUT2D eigenvalue weighted by atomic mass is 16.2. The highest BCUT2D eigenvalue weighted by Gasteiger charge is 2.28. The second kappa shape index (κ2) is 17.0. The van der Waals surface area contributed by atoms with E-state index in [-0.39, 0.29) is 35.8 Å². The van der Waals surface area contributed by atoms with Crippen molar-refractivity contribution in [1.82, 2.24) is 16.0 Å². The summed E-state index contributed by atoms with van der Waals surface area (Å²) in [5, 5.41) is 9.73. The third-order valence-electron chi connectivity index (χ3n) is 10.7. The summed E-state index contributed by atoms with van der Waals surface area (Å²) >= 11 is 0. The molecular formula is C39H63N3O3. The monoisotopic (exact) mass is 621 g/mol. The molecular weight excluding hydrogens is 558 g/mol. The first kappa shape index (κ1) is 35.5. The Labute approximate surface area is 274 Å². The topological polar surface area (TPSA) is 87.3 Å². The van der Waals surface area contributed by atoms with Crippen LogP contribution in [0.5, 0.6) is 0 Å². The fourth-order valence-electron chi connectivity index (χ4n) is 8.45. The summed E-state index contributed by atoms with van der Waals surface area (Å²) in [5.74, 6) is 3.75. The first-order chi connectivity index (χ1) is 21.4. The van der Waals surface area contributed by atoms with Crippen LogP contribution in [-0.2, 0) is 0 Å². The molecule has 0 saturated heterocycles. The van der Waals surface area contributed by atoms with E-state index in [0.29, 0.717) is 34.4 Å². The molecule has 0 bridgehead atoms. The lowest BCUT2D eigenvalue weighted by Crippen LogP contribution is -2.40. The average molecular weight is 622 g/mol. The number of benzene rings is 1. The largest absolute Gasteiger partial charge is 0.349 e. The molecule has 0 spiro atoms. The van der Waals surface area contributed by atoms with Crippen molar-refractivity contribution < 1.29 is 14.4 Å². The van der Waals surface area contributed by atoms with Gasteiger partial charge in [-0.25, -0.2) is 0 Å². The molecule has 4 rings (SSSR count). The van der Waals surface area contributed by atoms with Crippen LogP contribution < -0.4 is 16.0 Å². The minimum Gasteiger partial charge on any atom is -0.349 e. The molecule has 6 nitrogen and oxygen atoms in total. The molecule has 0 heterocycles. The van der Waals surface area contributed by atoms with Crippen LogP contribution in [-0.4, -0.2) is 35.8 Å². The second-order valence-corrected chi connectivity index (χ2v) is 16.3. The number of carbonyl (C=O) groups excluding carboxylic acids is 3. The van der Waals surface area contributed by atoms with Crippen LogP contribution >= 0.6 is 0 Å². The molecule has 3 aliphatic carbocycles. The Morgan fingerprint density at radius 1 is 0.467 bits per heavy atom. The van der Waals surface area contributed by atoms with Crippen LogP contribution in [0.1, 0.15) is 169 Å². The number of hydrogen-bond acceptors (Lipinski definition) is 3. The summed E-state index contributed by atoms with van der Waals surface area (Å²) in [6, 6.07) is 5.47. The van der Waals surface area contributed by atoms with Gasteiger partial charge in [0.15, 0.2) is 0 Å². The quantitative estimate of drug-likeness (QED) is 0.218.